The number of benzene rings is 5. The van der Waals surface area contributed by atoms with Gasteiger partial charge in [0.15, 0.2) is 0 Å². The van der Waals surface area contributed by atoms with Crippen molar-refractivity contribution in [2.24, 2.45) is 0 Å². The van der Waals surface area contributed by atoms with Crippen molar-refractivity contribution in [2.75, 3.05) is 50.6 Å². The topological polar surface area (TPSA) is 183 Å². The summed E-state index contributed by atoms with van der Waals surface area (Å²) in [7, 11) is -4.13. The summed E-state index contributed by atoms with van der Waals surface area (Å²) in [6.45, 7) is 8.16. The summed E-state index contributed by atoms with van der Waals surface area (Å²) in [4.78, 5) is 68.6. The summed E-state index contributed by atoms with van der Waals surface area (Å²) in [6.07, 6.45) is 4.51. The van der Waals surface area contributed by atoms with E-state index in [2.05, 4.69) is 19.8 Å². The lowest BCUT2D eigenvalue weighted by Gasteiger charge is -2.34. The minimum Gasteiger partial charge on any atom is -0.494 e. The minimum atomic E-state index is -4.13. The number of imide groups is 2. The van der Waals surface area contributed by atoms with Crippen molar-refractivity contribution in [1.82, 2.24) is 20.0 Å². The highest BCUT2D eigenvalue weighted by atomic mass is 32.2. The van der Waals surface area contributed by atoms with Gasteiger partial charge in [0.2, 0.25) is 11.8 Å². The van der Waals surface area contributed by atoms with Crippen molar-refractivity contribution in [3.63, 3.8) is 0 Å². The van der Waals surface area contributed by atoms with Crippen LogP contribution in [-0.4, -0.2) is 110 Å². The molecule has 0 aliphatic carbocycles. The number of amides is 4. The molecular formula is C49H51N5O9S. The molecule has 2 saturated heterocycles. The molecule has 0 aromatic heterocycles. The van der Waals surface area contributed by atoms with E-state index < -0.39 is 45.7 Å². The van der Waals surface area contributed by atoms with Gasteiger partial charge >= 0.3 is 5.97 Å². The van der Waals surface area contributed by atoms with Crippen LogP contribution in [0.2, 0.25) is 0 Å². The molecule has 1 unspecified atom stereocenters. The summed E-state index contributed by atoms with van der Waals surface area (Å²) < 4.78 is 35.5. The number of ether oxygens (including phenoxy) is 1. The van der Waals surface area contributed by atoms with Crippen LogP contribution in [0, 0.1) is 6.92 Å². The number of sulfonamides is 1. The van der Waals surface area contributed by atoms with Gasteiger partial charge in [0.05, 0.1) is 33.9 Å². The molecule has 4 amide bonds. The van der Waals surface area contributed by atoms with Crippen molar-refractivity contribution < 1.29 is 42.2 Å². The van der Waals surface area contributed by atoms with Crippen molar-refractivity contribution in [1.29, 1.82) is 0 Å². The Hall–Kier alpha value is -6.42. The predicted molar refractivity (Wildman–Crippen MR) is 242 cm³/mol. The number of carboxylic acids is 1. The number of unbranched alkanes of at least 4 members (excludes halogenated alkanes) is 2. The number of hydrogen-bond acceptors (Lipinski definition) is 10. The van der Waals surface area contributed by atoms with Crippen LogP contribution >= 0.6 is 0 Å². The van der Waals surface area contributed by atoms with Gasteiger partial charge in [-0.3, -0.25) is 34.1 Å². The van der Waals surface area contributed by atoms with Crippen LogP contribution in [0.25, 0.3) is 21.9 Å². The first-order valence-corrected chi connectivity index (χ1v) is 23.3. The minimum absolute atomic E-state index is 0.0196. The number of nitrogens with one attached hydrogen (secondary N) is 2. The van der Waals surface area contributed by atoms with Crippen LogP contribution < -0.4 is 14.8 Å². The smallest absolute Gasteiger partial charge is 0.337 e. The molecule has 332 valence electrons. The number of carbonyl (C=O) groups is 5. The third-order valence-corrected chi connectivity index (χ3v) is 13.8. The fraction of sp³-hybridized carbons (Fsp3) is 0.327. The average Bonchev–Trinajstić information content (AvgIpc) is 3.54. The molecule has 0 spiro atoms. The van der Waals surface area contributed by atoms with Crippen molar-refractivity contribution in [2.45, 2.75) is 62.8 Å². The average molecular weight is 886 g/mol. The van der Waals surface area contributed by atoms with Gasteiger partial charge in [0, 0.05) is 39.1 Å². The zero-order chi connectivity index (χ0) is 45.0. The van der Waals surface area contributed by atoms with E-state index in [-0.39, 0.29) is 29.0 Å². The van der Waals surface area contributed by atoms with Crippen LogP contribution in [0.15, 0.2) is 102 Å². The van der Waals surface area contributed by atoms with Crippen LogP contribution in [-0.2, 0) is 26.0 Å². The van der Waals surface area contributed by atoms with E-state index in [1.165, 1.54) is 18.2 Å². The Morgan fingerprint density at radius 3 is 2.22 bits per heavy atom. The first kappa shape index (κ1) is 44.2. The van der Waals surface area contributed by atoms with Crippen molar-refractivity contribution >= 4 is 56.1 Å². The first-order chi connectivity index (χ1) is 30.9. The van der Waals surface area contributed by atoms with E-state index in [4.69, 9.17) is 4.74 Å². The lowest BCUT2D eigenvalue weighted by Crippen LogP contribution is -2.54. The summed E-state index contributed by atoms with van der Waals surface area (Å²) in [6, 6.07) is 26.9. The molecule has 3 N–H and O–H groups in total. The molecule has 3 aliphatic rings. The fourth-order valence-electron chi connectivity index (χ4n) is 8.94. The predicted octanol–water partition coefficient (Wildman–Crippen LogP) is 6.51. The number of fused-ring (bicyclic) bond motifs is 2. The molecule has 8 rings (SSSR count). The van der Waals surface area contributed by atoms with Crippen LogP contribution in [0.3, 0.4) is 0 Å². The maximum absolute atomic E-state index is 13.5. The largest absolute Gasteiger partial charge is 0.494 e. The lowest BCUT2D eigenvalue weighted by atomic mass is 9.94. The summed E-state index contributed by atoms with van der Waals surface area (Å²) >= 11 is 0. The molecule has 1 atom stereocenters. The van der Waals surface area contributed by atoms with Crippen molar-refractivity contribution in [3.05, 3.63) is 125 Å². The normalized spacial score (nSPS) is 17.1. The number of anilines is 1. The third kappa shape index (κ3) is 9.56. The Morgan fingerprint density at radius 1 is 0.781 bits per heavy atom. The molecular weight excluding hydrogens is 835 g/mol. The molecule has 64 heavy (non-hydrogen) atoms. The first-order valence-electron chi connectivity index (χ1n) is 21.8. The van der Waals surface area contributed by atoms with E-state index in [1.54, 1.807) is 36.4 Å². The van der Waals surface area contributed by atoms with Gasteiger partial charge in [0.1, 0.15) is 11.8 Å². The molecule has 3 heterocycles. The summed E-state index contributed by atoms with van der Waals surface area (Å²) in [5.74, 6) is -2.66. The number of piperazine rings is 1. The Morgan fingerprint density at radius 2 is 1.50 bits per heavy atom. The summed E-state index contributed by atoms with van der Waals surface area (Å²) in [5.41, 5.74) is 3.97. The maximum Gasteiger partial charge on any atom is 0.337 e. The second-order valence-electron chi connectivity index (χ2n) is 16.6. The number of aromatic carboxylic acids is 1. The maximum atomic E-state index is 13.5. The molecule has 15 heteroatoms. The Balaban J connectivity index is 0.750. The molecule has 3 aliphatic heterocycles. The number of piperidine rings is 1. The number of nitrogens with zero attached hydrogens (tertiary/aromatic N) is 3. The van der Waals surface area contributed by atoms with E-state index in [0.717, 1.165) is 97.3 Å². The van der Waals surface area contributed by atoms with Gasteiger partial charge in [-0.25, -0.2) is 13.2 Å². The van der Waals surface area contributed by atoms with Crippen LogP contribution in [0.1, 0.15) is 80.7 Å². The van der Waals surface area contributed by atoms with Gasteiger partial charge in [-0.1, -0.05) is 61.0 Å². The van der Waals surface area contributed by atoms with Crippen LogP contribution in [0.5, 0.6) is 5.75 Å². The fourth-order valence-corrected chi connectivity index (χ4v) is 10.0. The van der Waals surface area contributed by atoms with Crippen LogP contribution in [0.4, 0.5) is 5.69 Å². The van der Waals surface area contributed by atoms with Gasteiger partial charge in [-0.05, 0) is 121 Å². The molecule has 5 aromatic carbocycles. The highest BCUT2D eigenvalue weighted by Gasteiger charge is 2.45. The molecule has 0 bridgehead atoms. The second-order valence-corrected chi connectivity index (χ2v) is 18.3. The lowest BCUT2D eigenvalue weighted by molar-refractivity contribution is -0.136. The number of aryl methyl sites for hydroxylation is 2. The second kappa shape index (κ2) is 19.1. The van der Waals surface area contributed by atoms with Gasteiger partial charge in [-0.15, -0.1) is 0 Å². The van der Waals surface area contributed by atoms with Gasteiger partial charge < -0.3 is 19.6 Å². The molecule has 14 nitrogen and oxygen atoms in total. The highest BCUT2D eigenvalue weighted by molar-refractivity contribution is 7.92. The Bertz CT molecular complexity index is 2730. The van der Waals surface area contributed by atoms with E-state index in [1.807, 2.05) is 49.4 Å². The molecule has 0 saturated carbocycles. The molecule has 0 radical (unpaired) electrons. The SMILES string of the molecule is Cc1ccc(-c2ccc(C(=O)O)c(NS(=O)(=O)c3ccc(OCCCN4CCN(CCCCCc5cccc6c5C(=O)N(C5CCC(=O)NC5=O)C6=O)CC4)cc3)c2)c2ccccc12. The third-order valence-electron chi connectivity index (χ3n) is 12.4. The summed E-state index contributed by atoms with van der Waals surface area (Å²) in [5, 5.41) is 14.2. The molecule has 2 fully saturated rings. The Labute approximate surface area is 372 Å². The van der Waals surface area contributed by atoms with Crippen molar-refractivity contribution in [3.8, 4) is 16.9 Å². The molecule has 5 aromatic rings. The number of rotatable bonds is 17. The zero-order valence-corrected chi connectivity index (χ0v) is 36.5. The highest BCUT2D eigenvalue weighted by Crippen LogP contribution is 2.35. The number of carboxylic acid groups (broad SMARTS) is 1. The van der Waals surface area contributed by atoms with E-state index in [9.17, 15) is 37.5 Å². The quantitative estimate of drug-likeness (QED) is 0.0684. The Kier molecular flexibility index (Phi) is 13.2. The number of hydrogen-bond donors (Lipinski definition) is 3. The van der Waals surface area contributed by atoms with Gasteiger partial charge in [-0.2, -0.15) is 0 Å². The monoisotopic (exact) mass is 885 g/mol. The van der Waals surface area contributed by atoms with E-state index in [0.29, 0.717) is 35.5 Å². The van der Waals surface area contributed by atoms with Gasteiger partial charge in [0.25, 0.3) is 21.8 Å². The number of carbonyl (C=O) groups excluding carboxylic acids is 4. The van der Waals surface area contributed by atoms with E-state index >= 15 is 0 Å². The zero-order valence-electron chi connectivity index (χ0n) is 35.7. The standard InChI is InChI=1S/C49H51N5O9S/c1-32-14-20-38(39-12-5-4-11-37(32)39)34-15-21-40(49(59)60)42(31-34)51-64(61,62)36-18-16-35(17-19-36)63-30-8-25-53-28-26-52(27-29-53)24-6-2-3-9-33-10-7-13-41-45(33)48(58)54(47(41)57)43-22-23-44(55)50-46(43)56/h4-5,7,10-21,31,43,51H,2-3,6,8-9,22-30H2,1H3,(H,59,60)(H,50,55,56).